The Morgan fingerprint density at radius 2 is 1.72 bits per heavy atom. The van der Waals surface area contributed by atoms with Crippen molar-refractivity contribution < 1.29 is 4.39 Å². The highest BCUT2D eigenvalue weighted by Gasteiger charge is 2.09. The largest absolute Gasteiger partial charge is 0.399 e. The van der Waals surface area contributed by atoms with Gasteiger partial charge in [0.05, 0.1) is 0 Å². The van der Waals surface area contributed by atoms with Crippen molar-refractivity contribution >= 4 is 16.5 Å². The zero-order valence-electron chi connectivity index (χ0n) is 11.7. The van der Waals surface area contributed by atoms with Gasteiger partial charge < -0.3 is 5.73 Å². The van der Waals surface area contributed by atoms with Gasteiger partial charge in [-0.2, -0.15) is 0 Å². The van der Waals surface area contributed by atoms with Crippen molar-refractivity contribution in [1.82, 2.24) is 0 Å². The van der Waals surface area contributed by atoms with E-state index in [1.165, 1.54) is 6.07 Å². The molecule has 0 spiro atoms. The van der Waals surface area contributed by atoms with E-state index in [2.05, 4.69) is 6.92 Å². The maximum atomic E-state index is 13.7. The van der Waals surface area contributed by atoms with Crippen LogP contribution in [0.4, 0.5) is 10.1 Å². The standard InChI is InChI=1S/C14H16FN.C2H6/c1-3-9-7-11(16)8-10-5-6-13(15)12(4-2)14(9)10;1-2/h5-8H,3-4,16H2,1-2H3;1-2H3. The Morgan fingerprint density at radius 1 is 1.06 bits per heavy atom. The van der Waals surface area contributed by atoms with Gasteiger partial charge in [0.25, 0.3) is 0 Å². The molecule has 0 aromatic heterocycles. The predicted octanol–water partition coefficient (Wildman–Crippen LogP) is 4.71. The number of anilines is 1. The van der Waals surface area contributed by atoms with Crippen LogP contribution in [0.2, 0.25) is 0 Å². The molecule has 2 aromatic rings. The van der Waals surface area contributed by atoms with Gasteiger partial charge in [-0.05, 0) is 52.9 Å². The normalized spacial score (nSPS) is 10.1. The van der Waals surface area contributed by atoms with Gasteiger partial charge in [-0.15, -0.1) is 0 Å². The molecule has 18 heavy (non-hydrogen) atoms. The van der Waals surface area contributed by atoms with E-state index < -0.39 is 0 Å². The number of halogens is 1. The number of fused-ring (bicyclic) bond motifs is 1. The van der Waals surface area contributed by atoms with Crippen LogP contribution in [-0.4, -0.2) is 0 Å². The third-order valence-electron chi connectivity index (χ3n) is 3.01. The fourth-order valence-corrected chi connectivity index (χ4v) is 2.26. The molecule has 2 heteroatoms. The average Bonchev–Trinajstić information content (AvgIpc) is 2.40. The lowest BCUT2D eigenvalue weighted by Gasteiger charge is -2.11. The monoisotopic (exact) mass is 247 g/mol. The first kappa shape index (κ1) is 14.5. The lowest BCUT2D eigenvalue weighted by molar-refractivity contribution is 0.615. The van der Waals surface area contributed by atoms with Gasteiger partial charge >= 0.3 is 0 Å². The molecule has 0 aliphatic heterocycles. The van der Waals surface area contributed by atoms with Gasteiger partial charge in [-0.25, -0.2) is 4.39 Å². The molecule has 0 amide bonds. The van der Waals surface area contributed by atoms with Crippen molar-refractivity contribution in [3.8, 4) is 0 Å². The molecular formula is C16H22FN. The van der Waals surface area contributed by atoms with Gasteiger partial charge in [0, 0.05) is 5.69 Å². The number of rotatable bonds is 2. The molecular weight excluding hydrogens is 225 g/mol. The number of hydrogen-bond donors (Lipinski definition) is 1. The summed E-state index contributed by atoms with van der Waals surface area (Å²) in [5.41, 5.74) is 8.52. The van der Waals surface area contributed by atoms with Crippen LogP contribution in [0.15, 0.2) is 24.3 Å². The molecule has 0 fully saturated rings. The first-order valence-electron chi connectivity index (χ1n) is 6.66. The fraction of sp³-hybridized carbons (Fsp3) is 0.375. The minimum Gasteiger partial charge on any atom is -0.399 e. The van der Waals surface area contributed by atoms with E-state index in [-0.39, 0.29) is 5.82 Å². The average molecular weight is 247 g/mol. The lowest BCUT2D eigenvalue weighted by Crippen LogP contribution is -1.96. The van der Waals surface area contributed by atoms with Crippen LogP contribution in [-0.2, 0) is 12.8 Å². The van der Waals surface area contributed by atoms with E-state index in [0.717, 1.165) is 34.0 Å². The predicted molar refractivity (Wildman–Crippen MR) is 78.4 cm³/mol. The molecule has 0 saturated heterocycles. The molecule has 0 unspecified atom stereocenters. The quantitative estimate of drug-likeness (QED) is 0.764. The Labute approximate surface area is 109 Å². The molecule has 0 heterocycles. The minimum absolute atomic E-state index is 0.116. The van der Waals surface area contributed by atoms with Gasteiger partial charge in [-0.3, -0.25) is 0 Å². The smallest absolute Gasteiger partial charge is 0.127 e. The molecule has 0 atom stereocenters. The highest BCUT2D eigenvalue weighted by atomic mass is 19.1. The summed E-state index contributed by atoms with van der Waals surface area (Å²) in [6, 6.07) is 7.19. The number of nitrogen functional groups attached to an aromatic ring is 1. The minimum atomic E-state index is -0.116. The summed E-state index contributed by atoms with van der Waals surface area (Å²) < 4.78 is 13.7. The zero-order chi connectivity index (χ0) is 13.7. The molecule has 0 bridgehead atoms. The highest BCUT2D eigenvalue weighted by molar-refractivity contribution is 5.91. The maximum Gasteiger partial charge on any atom is 0.127 e. The van der Waals surface area contributed by atoms with Gasteiger partial charge in [0.2, 0.25) is 0 Å². The van der Waals surface area contributed by atoms with E-state index in [9.17, 15) is 4.39 Å². The fourth-order valence-electron chi connectivity index (χ4n) is 2.26. The first-order valence-corrected chi connectivity index (χ1v) is 6.66. The molecule has 1 nitrogen and oxygen atoms in total. The van der Waals surface area contributed by atoms with Crippen LogP contribution < -0.4 is 5.73 Å². The summed E-state index contributed by atoms with van der Waals surface area (Å²) in [7, 11) is 0. The van der Waals surface area contributed by atoms with Gasteiger partial charge in [-0.1, -0.05) is 33.8 Å². The number of benzene rings is 2. The van der Waals surface area contributed by atoms with E-state index in [0.29, 0.717) is 6.42 Å². The van der Waals surface area contributed by atoms with E-state index in [4.69, 9.17) is 5.73 Å². The topological polar surface area (TPSA) is 26.0 Å². The van der Waals surface area contributed by atoms with Crippen molar-refractivity contribution in [2.75, 3.05) is 5.73 Å². The lowest BCUT2D eigenvalue weighted by atomic mass is 9.95. The second-order valence-corrected chi connectivity index (χ2v) is 4.01. The molecule has 2 aromatic carbocycles. The van der Waals surface area contributed by atoms with Crippen molar-refractivity contribution in [3.63, 3.8) is 0 Å². The molecule has 2 N–H and O–H groups in total. The summed E-state index contributed by atoms with van der Waals surface area (Å²) in [4.78, 5) is 0. The van der Waals surface area contributed by atoms with Crippen molar-refractivity contribution in [3.05, 3.63) is 41.2 Å². The molecule has 0 aliphatic carbocycles. The summed E-state index contributed by atoms with van der Waals surface area (Å²) in [6.45, 7) is 8.05. The zero-order valence-corrected chi connectivity index (χ0v) is 11.7. The van der Waals surface area contributed by atoms with Crippen molar-refractivity contribution in [1.29, 1.82) is 0 Å². The van der Waals surface area contributed by atoms with Crippen LogP contribution >= 0.6 is 0 Å². The Morgan fingerprint density at radius 3 is 2.28 bits per heavy atom. The summed E-state index contributed by atoms with van der Waals surface area (Å²) in [5, 5.41) is 2.08. The molecule has 98 valence electrons. The first-order chi connectivity index (χ1) is 8.67. The van der Waals surface area contributed by atoms with Crippen molar-refractivity contribution in [2.24, 2.45) is 0 Å². The van der Waals surface area contributed by atoms with E-state index >= 15 is 0 Å². The Balaban J connectivity index is 0.000000771. The Bertz CT molecular complexity index is 532. The van der Waals surface area contributed by atoms with Crippen LogP contribution in [0.25, 0.3) is 10.8 Å². The number of aryl methyl sites for hydroxylation is 2. The van der Waals surface area contributed by atoms with Crippen LogP contribution in [0, 0.1) is 5.82 Å². The van der Waals surface area contributed by atoms with Gasteiger partial charge in [0.1, 0.15) is 5.82 Å². The Hall–Kier alpha value is -1.57. The Kier molecular flexibility index (Phi) is 5.14. The highest BCUT2D eigenvalue weighted by Crippen LogP contribution is 2.28. The van der Waals surface area contributed by atoms with Crippen molar-refractivity contribution in [2.45, 2.75) is 40.5 Å². The molecule has 2 rings (SSSR count). The summed E-state index contributed by atoms with van der Waals surface area (Å²) in [6.07, 6.45) is 1.58. The third-order valence-corrected chi connectivity index (χ3v) is 3.01. The number of nitrogens with two attached hydrogens (primary N) is 1. The summed E-state index contributed by atoms with van der Waals surface area (Å²) >= 11 is 0. The second kappa shape index (κ2) is 6.39. The molecule has 0 saturated carbocycles. The van der Waals surface area contributed by atoms with Crippen LogP contribution in [0.1, 0.15) is 38.8 Å². The van der Waals surface area contributed by atoms with Crippen LogP contribution in [0.5, 0.6) is 0 Å². The van der Waals surface area contributed by atoms with Gasteiger partial charge in [0.15, 0.2) is 0 Å². The SMILES string of the molecule is CC.CCc1cc(N)cc2ccc(F)c(CC)c12. The maximum absolute atomic E-state index is 13.7. The second-order valence-electron chi connectivity index (χ2n) is 4.01. The number of hydrogen-bond acceptors (Lipinski definition) is 1. The molecule has 0 radical (unpaired) electrons. The summed E-state index contributed by atoms with van der Waals surface area (Å²) in [5.74, 6) is -0.116. The van der Waals surface area contributed by atoms with E-state index in [1.54, 1.807) is 6.07 Å². The third kappa shape index (κ3) is 2.63. The van der Waals surface area contributed by atoms with Crippen LogP contribution in [0.3, 0.4) is 0 Å². The molecule has 0 aliphatic rings. The van der Waals surface area contributed by atoms with E-state index in [1.807, 2.05) is 32.9 Å².